The van der Waals surface area contributed by atoms with Crippen LogP contribution in [0.15, 0.2) is 36.5 Å². The van der Waals surface area contributed by atoms with Crippen LogP contribution < -0.4 is 5.32 Å². The molecule has 0 aromatic carbocycles. The minimum absolute atomic E-state index is 0.0547. The number of hydrogen-bond donors (Lipinski definition) is 3. The van der Waals surface area contributed by atoms with Gasteiger partial charge in [0.25, 0.3) is 0 Å². The molecule has 1 amide bonds. The molecule has 3 N–H and O–H groups in total. The predicted molar refractivity (Wildman–Crippen MR) is 240 cm³/mol. The van der Waals surface area contributed by atoms with Crippen molar-refractivity contribution in [2.24, 2.45) is 0 Å². The number of carbonyl (C=O) groups is 1. The zero-order valence-electron chi connectivity index (χ0n) is 37.4. The third-order valence-electron chi connectivity index (χ3n) is 10.3. The number of hydrogen-bond acceptors (Lipinski definition) is 5. The number of carbonyl (C=O) groups excluding carboxylic acids is 1. The van der Waals surface area contributed by atoms with Crippen LogP contribution in [0.2, 0.25) is 0 Å². The van der Waals surface area contributed by atoms with E-state index < -0.39 is 20.0 Å². The van der Waals surface area contributed by atoms with Crippen LogP contribution in [-0.4, -0.2) is 73.4 Å². The van der Waals surface area contributed by atoms with Crippen molar-refractivity contribution in [2.45, 2.75) is 219 Å². The first kappa shape index (κ1) is 54.7. The van der Waals surface area contributed by atoms with E-state index in [1.54, 1.807) is 6.08 Å². The van der Waals surface area contributed by atoms with Gasteiger partial charge in [-0.15, -0.1) is 0 Å². The molecular weight excluding hydrogens is 719 g/mol. The van der Waals surface area contributed by atoms with Gasteiger partial charge in [0, 0.05) is 6.42 Å². The number of quaternary nitrogens is 1. The minimum atomic E-state index is -4.35. The van der Waals surface area contributed by atoms with Crippen LogP contribution in [0, 0.1) is 0 Å². The van der Waals surface area contributed by atoms with Gasteiger partial charge in [-0.3, -0.25) is 13.8 Å². The van der Waals surface area contributed by atoms with Crippen molar-refractivity contribution < 1.29 is 32.9 Å². The van der Waals surface area contributed by atoms with E-state index in [0.717, 1.165) is 51.4 Å². The number of rotatable bonds is 42. The zero-order valence-corrected chi connectivity index (χ0v) is 38.3. The van der Waals surface area contributed by atoms with E-state index in [9.17, 15) is 19.4 Å². The molecule has 330 valence electrons. The SMILES string of the molecule is CCCCCCCC/C=C\CCCCCCCC(=O)NC(COP(=O)(O)OCC[N+](C)(C)C)C(O)/C=C/CC/C=C/CCCCCCCCCCCCCCC. The van der Waals surface area contributed by atoms with Crippen molar-refractivity contribution in [1.29, 1.82) is 0 Å². The van der Waals surface area contributed by atoms with Gasteiger partial charge in [0.2, 0.25) is 5.91 Å². The average molecular weight is 812 g/mol. The molecule has 8 nitrogen and oxygen atoms in total. The molecule has 0 aromatic heterocycles. The Labute approximate surface area is 347 Å². The number of phosphoric ester groups is 1. The second-order valence-electron chi connectivity index (χ2n) is 17.1. The van der Waals surface area contributed by atoms with Crippen LogP contribution in [0.1, 0.15) is 206 Å². The standard InChI is InChI=1S/C47H91N2O6P/c1-6-8-10-12-14-16-18-20-22-23-24-25-27-28-30-32-34-36-38-40-46(50)45(44-55-56(52,53)54-43-42-49(3,4)5)48-47(51)41-39-37-35-33-31-29-26-21-19-17-15-13-11-9-7-2/h21,26,30,32,38,40,45-46,50H,6-20,22-25,27-29,31,33-37,39,41-44H2,1-5H3,(H-,48,51,52,53)/p+1/b26-21-,32-30+,40-38+. The van der Waals surface area contributed by atoms with Gasteiger partial charge >= 0.3 is 7.82 Å². The highest BCUT2D eigenvalue weighted by molar-refractivity contribution is 7.47. The number of aliphatic hydroxyl groups excluding tert-OH is 1. The number of aliphatic hydroxyl groups is 1. The summed E-state index contributed by atoms with van der Waals surface area (Å²) in [5.74, 6) is -0.196. The van der Waals surface area contributed by atoms with E-state index in [0.29, 0.717) is 17.4 Å². The van der Waals surface area contributed by atoms with Crippen molar-refractivity contribution in [3.8, 4) is 0 Å². The molecule has 0 radical (unpaired) electrons. The molecule has 9 heteroatoms. The maximum absolute atomic E-state index is 12.9. The largest absolute Gasteiger partial charge is 0.472 e. The number of amides is 1. The highest BCUT2D eigenvalue weighted by atomic mass is 31.2. The maximum atomic E-state index is 12.9. The Balaban J connectivity index is 4.45. The second kappa shape index (κ2) is 39.2. The van der Waals surface area contributed by atoms with Crippen LogP contribution in [0.4, 0.5) is 0 Å². The quantitative estimate of drug-likeness (QED) is 0.0245. The van der Waals surface area contributed by atoms with Gasteiger partial charge in [0.05, 0.1) is 39.9 Å². The van der Waals surface area contributed by atoms with E-state index in [1.165, 1.54) is 135 Å². The Morgan fingerprint density at radius 2 is 0.982 bits per heavy atom. The maximum Gasteiger partial charge on any atom is 0.472 e. The van der Waals surface area contributed by atoms with E-state index in [4.69, 9.17) is 9.05 Å². The zero-order chi connectivity index (χ0) is 41.4. The Kier molecular flexibility index (Phi) is 38.3. The summed E-state index contributed by atoms with van der Waals surface area (Å²) in [5.41, 5.74) is 0. The molecule has 0 heterocycles. The number of likely N-dealkylation sites (N-methyl/N-ethyl adjacent to an activating group) is 1. The first-order valence-electron chi connectivity index (χ1n) is 23.4. The van der Waals surface area contributed by atoms with Gasteiger partial charge in [-0.2, -0.15) is 0 Å². The van der Waals surface area contributed by atoms with Gasteiger partial charge in [-0.05, 0) is 57.8 Å². The van der Waals surface area contributed by atoms with Crippen molar-refractivity contribution in [2.75, 3.05) is 40.9 Å². The number of unbranched alkanes of at least 4 members (excludes halogenated alkanes) is 25. The fourth-order valence-electron chi connectivity index (χ4n) is 6.58. The summed E-state index contributed by atoms with van der Waals surface area (Å²) in [6.45, 7) is 4.78. The van der Waals surface area contributed by atoms with Crippen LogP contribution >= 0.6 is 7.82 Å². The Hall–Kier alpha value is -1.28. The highest BCUT2D eigenvalue weighted by Gasteiger charge is 2.27. The average Bonchev–Trinajstić information content (AvgIpc) is 3.15. The molecule has 0 spiro atoms. The normalized spacial score (nSPS) is 14.6. The molecule has 0 fully saturated rings. The molecule has 56 heavy (non-hydrogen) atoms. The lowest BCUT2D eigenvalue weighted by Crippen LogP contribution is -2.45. The second-order valence-corrected chi connectivity index (χ2v) is 18.6. The fourth-order valence-corrected chi connectivity index (χ4v) is 7.32. The van der Waals surface area contributed by atoms with Gasteiger partial charge in [0.1, 0.15) is 13.2 Å². The summed E-state index contributed by atoms with van der Waals surface area (Å²) >= 11 is 0. The van der Waals surface area contributed by atoms with Gasteiger partial charge in [-0.1, -0.05) is 179 Å². The van der Waals surface area contributed by atoms with E-state index >= 15 is 0 Å². The first-order valence-corrected chi connectivity index (χ1v) is 24.9. The summed E-state index contributed by atoms with van der Waals surface area (Å²) < 4.78 is 23.6. The molecule has 0 aliphatic rings. The number of phosphoric acid groups is 1. The third-order valence-corrected chi connectivity index (χ3v) is 11.3. The summed E-state index contributed by atoms with van der Waals surface area (Å²) in [6, 6.07) is -0.865. The monoisotopic (exact) mass is 812 g/mol. The molecular formula is C47H92N2O6P+. The minimum Gasteiger partial charge on any atom is -0.387 e. The molecule has 0 saturated carbocycles. The number of allylic oxidation sites excluding steroid dienone is 5. The van der Waals surface area contributed by atoms with Gasteiger partial charge in [-0.25, -0.2) is 4.57 Å². The molecule has 0 bridgehead atoms. The summed E-state index contributed by atoms with van der Waals surface area (Å²) in [7, 11) is 1.55. The lowest BCUT2D eigenvalue weighted by Gasteiger charge is -2.25. The Bertz CT molecular complexity index is 1010. The fraction of sp³-hybridized carbons (Fsp3) is 0.851. The van der Waals surface area contributed by atoms with E-state index in [-0.39, 0.29) is 19.1 Å². The molecule has 3 unspecified atom stereocenters. The van der Waals surface area contributed by atoms with Crippen LogP contribution in [0.5, 0.6) is 0 Å². The molecule has 0 aliphatic heterocycles. The van der Waals surface area contributed by atoms with E-state index in [2.05, 4.69) is 43.5 Å². The van der Waals surface area contributed by atoms with Crippen LogP contribution in [0.25, 0.3) is 0 Å². The van der Waals surface area contributed by atoms with Crippen LogP contribution in [-0.2, 0) is 18.4 Å². The lowest BCUT2D eigenvalue weighted by atomic mass is 10.0. The Morgan fingerprint density at radius 1 is 0.589 bits per heavy atom. The Morgan fingerprint density at radius 3 is 1.43 bits per heavy atom. The molecule has 0 aliphatic carbocycles. The first-order chi connectivity index (χ1) is 27.0. The van der Waals surface area contributed by atoms with Gasteiger partial charge in [0.15, 0.2) is 0 Å². The third kappa shape index (κ3) is 40.9. The molecule has 0 aromatic rings. The highest BCUT2D eigenvalue weighted by Crippen LogP contribution is 2.43. The van der Waals surface area contributed by atoms with E-state index in [1.807, 2.05) is 27.2 Å². The summed E-state index contributed by atoms with van der Waals surface area (Å²) in [4.78, 5) is 23.1. The smallest absolute Gasteiger partial charge is 0.387 e. The molecule has 0 saturated heterocycles. The number of nitrogens with zero attached hydrogens (tertiary/aromatic N) is 1. The summed E-state index contributed by atoms with van der Waals surface area (Å²) in [6.07, 6.45) is 47.9. The predicted octanol–water partition coefficient (Wildman–Crippen LogP) is 13.1. The molecule has 3 atom stereocenters. The molecule has 0 rings (SSSR count). The lowest BCUT2D eigenvalue weighted by molar-refractivity contribution is -0.870. The van der Waals surface area contributed by atoms with Crippen molar-refractivity contribution in [3.05, 3.63) is 36.5 Å². The topological polar surface area (TPSA) is 105 Å². The van der Waals surface area contributed by atoms with Crippen molar-refractivity contribution in [1.82, 2.24) is 5.32 Å². The number of nitrogens with one attached hydrogen (secondary N) is 1. The van der Waals surface area contributed by atoms with Crippen molar-refractivity contribution in [3.63, 3.8) is 0 Å². The van der Waals surface area contributed by atoms with Gasteiger partial charge < -0.3 is 19.8 Å². The van der Waals surface area contributed by atoms with Crippen LogP contribution in [0.3, 0.4) is 0 Å². The summed E-state index contributed by atoms with van der Waals surface area (Å²) in [5, 5.41) is 13.8. The van der Waals surface area contributed by atoms with Crippen molar-refractivity contribution >= 4 is 13.7 Å².